The van der Waals surface area contributed by atoms with E-state index >= 15 is 0 Å². The third-order valence-corrected chi connectivity index (χ3v) is 6.25. The molecule has 1 aliphatic heterocycles. The van der Waals surface area contributed by atoms with Crippen molar-refractivity contribution < 1.29 is 29.0 Å². The lowest BCUT2D eigenvalue weighted by atomic mass is 9.79. The molecule has 36 heavy (non-hydrogen) atoms. The molecular weight excluding hydrogens is 459 g/mol. The summed E-state index contributed by atoms with van der Waals surface area (Å²) in [5.41, 5.74) is 5.10. The molecule has 9 heteroatoms. The molecule has 3 aromatic rings. The minimum absolute atomic E-state index is 0.106. The van der Waals surface area contributed by atoms with E-state index in [4.69, 9.17) is 18.8 Å². The van der Waals surface area contributed by atoms with Crippen LogP contribution < -0.4 is 14.9 Å². The zero-order chi connectivity index (χ0) is 25.2. The van der Waals surface area contributed by atoms with Gasteiger partial charge in [-0.1, -0.05) is 24.3 Å². The van der Waals surface area contributed by atoms with Crippen LogP contribution in [0.25, 0.3) is 0 Å². The quantitative estimate of drug-likeness (QED) is 0.490. The summed E-state index contributed by atoms with van der Waals surface area (Å²) in [5.74, 6) is 1.41. The first-order chi connectivity index (χ1) is 17.4. The lowest BCUT2D eigenvalue weighted by Crippen LogP contribution is -2.37. The van der Waals surface area contributed by atoms with Crippen molar-refractivity contribution in [3.63, 3.8) is 0 Å². The van der Waals surface area contributed by atoms with Crippen molar-refractivity contribution in [2.24, 2.45) is 0 Å². The Balaban J connectivity index is 1.29. The van der Waals surface area contributed by atoms with E-state index in [1.165, 1.54) is 17.3 Å². The van der Waals surface area contributed by atoms with Crippen molar-refractivity contribution in [1.82, 2.24) is 9.88 Å². The summed E-state index contributed by atoms with van der Waals surface area (Å²) >= 11 is 0. The first-order valence-corrected chi connectivity index (χ1v) is 11.7. The van der Waals surface area contributed by atoms with Crippen molar-refractivity contribution in [3.05, 3.63) is 101 Å². The highest BCUT2D eigenvalue weighted by Crippen LogP contribution is 2.40. The van der Waals surface area contributed by atoms with E-state index in [1.807, 2.05) is 50.4 Å². The van der Waals surface area contributed by atoms with E-state index in [1.54, 1.807) is 19.2 Å². The van der Waals surface area contributed by atoms with Crippen LogP contribution in [0.3, 0.4) is 0 Å². The molecule has 0 saturated carbocycles. The molecule has 1 aliphatic carbocycles. The summed E-state index contributed by atoms with van der Waals surface area (Å²) < 4.78 is 23.3. The SMILES string of the molecule is Cc1cnc(Oc2cccc3c2CC[C@H]3Oc2ccc(B3OC(O)=CN(C)/C=C(/O)O3)cc2)cc1C. The van der Waals surface area contributed by atoms with E-state index in [9.17, 15) is 10.2 Å². The van der Waals surface area contributed by atoms with Crippen LogP contribution in [0.1, 0.15) is 34.8 Å². The van der Waals surface area contributed by atoms with Gasteiger partial charge in [-0.2, -0.15) is 0 Å². The molecule has 2 aromatic carbocycles. The van der Waals surface area contributed by atoms with E-state index in [0.29, 0.717) is 17.1 Å². The number of hydrogen-bond donors (Lipinski definition) is 2. The smallest absolute Gasteiger partial charge is 0.494 e. The molecule has 0 unspecified atom stereocenters. The molecule has 1 atom stereocenters. The van der Waals surface area contributed by atoms with Crippen molar-refractivity contribution in [2.75, 3.05) is 7.05 Å². The van der Waals surface area contributed by atoms with Crippen LogP contribution in [-0.4, -0.2) is 34.3 Å². The molecule has 0 amide bonds. The van der Waals surface area contributed by atoms with Crippen LogP contribution in [0.5, 0.6) is 17.4 Å². The normalized spacial score (nSPS) is 18.6. The molecule has 0 saturated heterocycles. The molecule has 5 rings (SSSR count). The predicted molar refractivity (Wildman–Crippen MR) is 135 cm³/mol. The number of aliphatic hydroxyl groups is 2. The number of aryl methyl sites for hydroxylation is 2. The van der Waals surface area contributed by atoms with Crippen LogP contribution in [-0.2, 0) is 15.7 Å². The number of rotatable bonds is 5. The minimum atomic E-state index is -1.01. The Morgan fingerprint density at radius 3 is 2.42 bits per heavy atom. The van der Waals surface area contributed by atoms with Gasteiger partial charge in [0.15, 0.2) is 0 Å². The largest absolute Gasteiger partial charge is 0.636 e. The van der Waals surface area contributed by atoms with Crippen LogP contribution >= 0.6 is 0 Å². The molecule has 1 aromatic heterocycles. The molecule has 0 spiro atoms. The third kappa shape index (κ3) is 5.05. The molecule has 184 valence electrons. The average molecular weight is 486 g/mol. The van der Waals surface area contributed by atoms with Crippen molar-refractivity contribution in [1.29, 1.82) is 0 Å². The maximum atomic E-state index is 9.95. The molecule has 8 nitrogen and oxygen atoms in total. The second-order valence-electron chi connectivity index (χ2n) is 8.91. The van der Waals surface area contributed by atoms with Gasteiger partial charge in [-0.3, -0.25) is 0 Å². The molecule has 0 bridgehead atoms. The lowest BCUT2D eigenvalue weighted by Gasteiger charge is -2.20. The zero-order valence-corrected chi connectivity index (χ0v) is 20.3. The fourth-order valence-corrected chi connectivity index (χ4v) is 4.26. The number of hydrogen-bond acceptors (Lipinski definition) is 8. The average Bonchev–Trinajstić information content (AvgIpc) is 3.24. The summed E-state index contributed by atoms with van der Waals surface area (Å²) in [4.78, 5) is 5.83. The molecule has 2 heterocycles. The van der Waals surface area contributed by atoms with Gasteiger partial charge in [0.25, 0.3) is 11.9 Å². The molecule has 2 N–H and O–H groups in total. The number of aromatic nitrogens is 1. The standard InChI is InChI=1S/C27H27BN2O6/c1-17-13-25(29-14-18(17)2)34-23-6-4-5-21-22(23)11-12-24(21)33-20-9-7-19(8-10-20)28-35-26(31)15-30(3)16-27(32)36-28/h4-10,13-16,24,31-32H,11-12H2,1-3H3/b26-15-,27-16?/t24-/m1/s1. The van der Waals surface area contributed by atoms with Crippen molar-refractivity contribution in [3.8, 4) is 17.4 Å². The van der Waals surface area contributed by atoms with Gasteiger partial charge < -0.3 is 33.9 Å². The van der Waals surface area contributed by atoms with Gasteiger partial charge in [0.05, 0.1) is 12.4 Å². The second-order valence-corrected chi connectivity index (χ2v) is 8.91. The van der Waals surface area contributed by atoms with Crippen LogP contribution in [0.4, 0.5) is 0 Å². The number of ether oxygens (including phenoxy) is 2. The molecule has 0 fully saturated rings. The number of benzene rings is 2. The van der Waals surface area contributed by atoms with Gasteiger partial charge in [-0.15, -0.1) is 0 Å². The van der Waals surface area contributed by atoms with Crippen LogP contribution in [0, 0.1) is 13.8 Å². The summed E-state index contributed by atoms with van der Waals surface area (Å²) in [6.45, 7) is 4.07. The highest BCUT2D eigenvalue weighted by Gasteiger charge is 2.31. The Morgan fingerprint density at radius 1 is 1.00 bits per heavy atom. The Hall–Kier alpha value is -4.27. The number of pyridine rings is 1. The topological polar surface area (TPSA) is 93.5 Å². The second kappa shape index (κ2) is 9.77. The molecule has 2 aliphatic rings. The summed E-state index contributed by atoms with van der Waals surface area (Å²) in [5, 5.41) is 19.9. The van der Waals surface area contributed by atoms with Gasteiger partial charge in [0, 0.05) is 30.3 Å². The maximum Gasteiger partial charge on any atom is 0.636 e. The van der Waals surface area contributed by atoms with Crippen molar-refractivity contribution >= 4 is 12.6 Å². The van der Waals surface area contributed by atoms with Gasteiger partial charge in [-0.25, -0.2) is 4.98 Å². The van der Waals surface area contributed by atoms with E-state index < -0.39 is 7.12 Å². The Bertz CT molecular complexity index is 1300. The highest BCUT2D eigenvalue weighted by molar-refractivity contribution is 6.61. The van der Waals surface area contributed by atoms with E-state index in [2.05, 4.69) is 11.1 Å². The Morgan fingerprint density at radius 2 is 1.72 bits per heavy atom. The number of aliphatic hydroxyl groups excluding tert-OH is 2. The van der Waals surface area contributed by atoms with Gasteiger partial charge in [0.2, 0.25) is 5.88 Å². The van der Waals surface area contributed by atoms with Gasteiger partial charge >= 0.3 is 7.12 Å². The van der Waals surface area contributed by atoms with Gasteiger partial charge in [0.1, 0.15) is 17.6 Å². The third-order valence-electron chi connectivity index (χ3n) is 6.25. The summed E-state index contributed by atoms with van der Waals surface area (Å²) in [6.07, 6.45) is 6.05. The molecular formula is C27H27BN2O6. The van der Waals surface area contributed by atoms with Crippen LogP contribution in [0.2, 0.25) is 0 Å². The van der Waals surface area contributed by atoms with E-state index in [0.717, 1.165) is 40.8 Å². The minimum Gasteiger partial charge on any atom is -0.494 e. The Labute approximate surface area is 210 Å². The van der Waals surface area contributed by atoms with Gasteiger partial charge in [-0.05, 0) is 61.6 Å². The van der Waals surface area contributed by atoms with Crippen LogP contribution in [0.15, 0.2) is 79.0 Å². The highest BCUT2D eigenvalue weighted by atomic mass is 16.7. The number of fused-ring (bicyclic) bond motifs is 1. The summed E-state index contributed by atoms with van der Waals surface area (Å²) in [6, 6.07) is 15.1. The van der Waals surface area contributed by atoms with E-state index in [-0.39, 0.29) is 18.0 Å². The van der Waals surface area contributed by atoms with Crippen molar-refractivity contribution in [2.45, 2.75) is 32.8 Å². The number of nitrogens with zero attached hydrogens (tertiary/aromatic N) is 2. The molecule has 0 radical (unpaired) electrons. The first kappa shape index (κ1) is 23.5. The fourth-order valence-electron chi connectivity index (χ4n) is 4.26. The predicted octanol–water partition coefficient (Wildman–Crippen LogP) is 4.94. The first-order valence-electron chi connectivity index (χ1n) is 11.7. The lowest BCUT2D eigenvalue weighted by molar-refractivity contribution is 0.124. The Kier molecular flexibility index (Phi) is 6.37. The summed E-state index contributed by atoms with van der Waals surface area (Å²) in [7, 11) is 0.619. The monoisotopic (exact) mass is 486 g/mol. The fraction of sp³-hybridized carbons (Fsp3) is 0.222. The maximum absolute atomic E-state index is 9.95. The zero-order valence-electron chi connectivity index (χ0n) is 20.3.